The van der Waals surface area contributed by atoms with Crippen molar-refractivity contribution in [2.75, 3.05) is 6.61 Å². The fraction of sp³-hybridized carbons (Fsp3) is 0.133. The van der Waals surface area contributed by atoms with Gasteiger partial charge in [-0.05, 0) is 29.8 Å². The normalized spacial score (nSPS) is 11.3. The largest absolute Gasteiger partial charge is 0.489 e. The Labute approximate surface area is 111 Å². The topological polar surface area (TPSA) is 62.1 Å². The molecule has 0 saturated heterocycles. The molecule has 2 aromatic carbocycles. The van der Waals surface area contributed by atoms with E-state index in [9.17, 15) is 0 Å². The third-order valence-corrected chi connectivity index (χ3v) is 2.71. The van der Waals surface area contributed by atoms with E-state index in [1.54, 1.807) is 24.3 Å². The summed E-state index contributed by atoms with van der Waals surface area (Å²) in [4.78, 5) is 0. The van der Waals surface area contributed by atoms with Crippen molar-refractivity contribution in [3.8, 4) is 5.75 Å². The van der Waals surface area contributed by atoms with Crippen molar-refractivity contribution in [3.63, 3.8) is 0 Å². The zero-order chi connectivity index (χ0) is 13.5. The number of rotatable bonds is 5. The molecule has 98 valence electrons. The van der Waals surface area contributed by atoms with Crippen molar-refractivity contribution >= 4 is 5.71 Å². The zero-order valence-corrected chi connectivity index (χ0v) is 10.4. The molecular weight excluding hydrogens is 242 g/mol. The lowest BCUT2D eigenvalue weighted by Gasteiger charge is -2.07. The van der Waals surface area contributed by atoms with Crippen molar-refractivity contribution in [2.24, 2.45) is 5.16 Å². The van der Waals surface area contributed by atoms with E-state index in [-0.39, 0.29) is 12.3 Å². The molecule has 0 atom stereocenters. The van der Waals surface area contributed by atoms with Gasteiger partial charge in [0, 0.05) is 5.56 Å². The first-order valence-electron chi connectivity index (χ1n) is 5.92. The molecule has 2 aromatic rings. The summed E-state index contributed by atoms with van der Waals surface area (Å²) in [5, 5.41) is 20.7. The van der Waals surface area contributed by atoms with Crippen molar-refractivity contribution in [1.82, 2.24) is 0 Å². The molecule has 0 aliphatic rings. The number of aliphatic hydroxyl groups is 1. The standard InChI is InChI=1S/C15H15NO3/c17-10-15(16-18)13-6-8-14(9-7-13)19-11-12-4-2-1-3-5-12/h1-9,17-18H,10-11H2. The third kappa shape index (κ3) is 3.56. The Morgan fingerprint density at radius 2 is 1.68 bits per heavy atom. The quantitative estimate of drug-likeness (QED) is 0.491. The summed E-state index contributed by atoms with van der Waals surface area (Å²) in [5.74, 6) is 0.725. The maximum Gasteiger partial charge on any atom is 0.119 e. The predicted octanol–water partition coefficient (Wildman–Crippen LogP) is 2.44. The lowest BCUT2D eigenvalue weighted by molar-refractivity contribution is 0.303. The van der Waals surface area contributed by atoms with Crippen LogP contribution in [0.5, 0.6) is 5.75 Å². The fourth-order valence-electron chi connectivity index (χ4n) is 1.67. The van der Waals surface area contributed by atoms with Crippen LogP contribution in [-0.2, 0) is 6.61 Å². The molecule has 19 heavy (non-hydrogen) atoms. The van der Waals surface area contributed by atoms with E-state index in [1.807, 2.05) is 30.3 Å². The Morgan fingerprint density at radius 1 is 1.00 bits per heavy atom. The minimum Gasteiger partial charge on any atom is -0.489 e. The Kier molecular flexibility index (Phi) is 4.53. The molecule has 0 amide bonds. The van der Waals surface area contributed by atoms with Gasteiger partial charge in [-0.2, -0.15) is 0 Å². The van der Waals surface area contributed by atoms with Crippen LogP contribution in [0.15, 0.2) is 59.8 Å². The minimum absolute atomic E-state index is 0.231. The Morgan fingerprint density at radius 3 is 2.26 bits per heavy atom. The number of benzene rings is 2. The SMILES string of the molecule is OCC(=NO)c1ccc(OCc2ccccc2)cc1. The number of aliphatic hydroxyl groups excluding tert-OH is 1. The monoisotopic (exact) mass is 257 g/mol. The van der Waals surface area contributed by atoms with Crippen molar-refractivity contribution in [2.45, 2.75) is 6.61 Å². The van der Waals surface area contributed by atoms with E-state index in [0.29, 0.717) is 12.2 Å². The number of oxime groups is 1. The van der Waals surface area contributed by atoms with Crippen LogP contribution in [0.25, 0.3) is 0 Å². The van der Waals surface area contributed by atoms with Crippen LogP contribution < -0.4 is 4.74 Å². The van der Waals surface area contributed by atoms with Gasteiger partial charge in [-0.15, -0.1) is 0 Å². The van der Waals surface area contributed by atoms with E-state index < -0.39 is 0 Å². The zero-order valence-electron chi connectivity index (χ0n) is 10.4. The summed E-state index contributed by atoms with van der Waals surface area (Å²) in [6, 6.07) is 16.9. The smallest absolute Gasteiger partial charge is 0.119 e. The molecule has 0 unspecified atom stereocenters. The molecule has 2 rings (SSSR count). The van der Waals surface area contributed by atoms with E-state index >= 15 is 0 Å². The molecule has 4 heteroatoms. The summed E-state index contributed by atoms with van der Waals surface area (Å²) >= 11 is 0. The van der Waals surface area contributed by atoms with Gasteiger partial charge in [0.05, 0.1) is 6.61 Å². The molecule has 0 aliphatic carbocycles. The Bertz CT molecular complexity index is 535. The number of hydrogen-bond donors (Lipinski definition) is 2. The first-order valence-corrected chi connectivity index (χ1v) is 5.92. The Hall–Kier alpha value is -2.33. The maximum absolute atomic E-state index is 8.98. The average Bonchev–Trinajstić information content (AvgIpc) is 2.49. The molecule has 0 aliphatic heterocycles. The summed E-state index contributed by atoms with van der Waals surface area (Å²) in [6.45, 7) is 0.196. The van der Waals surface area contributed by atoms with Gasteiger partial charge in [0.25, 0.3) is 0 Å². The summed E-state index contributed by atoms with van der Waals surface area (Å²) < 4.78 is 5.63. The molecule has 0 spiro atoms. The van der Waals surface area contributed by atoms with Crippen molar-refractivity contribution < 1.29 is 15.1 Å². The Balaban J connectivity index is 1.99. The average molecular weight is 257 g/mol. The molecule has 0 heterocycles. The highest BCUT2D eigenvalue weighted by Crippen LogP contribution is 2.14. The second-order valence-corrected chi connectivity index (χ2v) is 4.00. The highest BCUT2D eigenvalue weighted by atomic mass is 16.5. The van der Waals surface area contributed by atoms with Crippen LogP contribution in [0.2, 0.25) is 0 Å². The van der Waals surface area contributed by atoms with Crippen LogP contribution in [0.4, 0.5) is 0 Å². The van der Waals surface area contributed by atoms with Crippen LogP contribution >= 0.6 is 0 Å². The van der Waals surface area contributed by atoms with Gasteiger partial charge in [0.15, 0.2) is 0 Å². The van der Waals surface area contributed by atoms with E-state index in [1.165, 1.54) is 0 Å². The van der Waals surface area contributed by atoms with Crippen LogP contribution in [-0.4, -0.2) is 22.6 Å². The molecular formula is C15H15NO3. The van der Waals surface area contributed by atoms with Gasteiger partial charge in [0.2, 0.25) is 0 Å². The third-order valence-electron chi connectivity index (χ3n) is 2.71. The van der Waals surface area contributed by atoms with Gasteiger partial charge >= 0.3 is 0 Å². The summed E-state index contributed by atoms with van der Waals surface area (Å²) in [5.41, 5.74) is 1.99. The minimum atomic E-state index is -0.305. The molecule has 0 aromatic heterocycles. The summed E-state index contributed by atoms with van der Waals surface area (Å²) in [6.07, 6.45) is 0. The highest BCUT2D eigenvalue weighted by Gasteiger charge is 2.03. The van der Waals surface area contributed by atoms with E-state index in [0.717, 1.165) is 11.3 Å². The van der Waals surface area contributed by atoms with E-state index in [2.05, 4.69) is 5.16 Å². The van der Waals surface area contributed by atoms with Crippen LogP contribution in [0.3, 0.4) is 0 Å². The first-order chi connectivity index (χ1) is 9.33. The molecule has 4 nitrogen and oxygen atoms in total. The maximum atomic E-state index is 8.98. The number of hydrogen-bond acceptors (Lipinski definition) is 4. The van der Waals surface area contributed by atoms with Gasteiger partial charge in [-0.1, -0.05) is 35.5 Å². The van der Waals surface area contributed by atoms with Gasteiger partial charge in [-0.25, -0.2) is 0 Å². The number of ether oxygens (including phenoxy) is 1. The lowest BCUT2D eigenvalue weighted by atomic mass is 10.1. The van der Waals surface area contributed by atoms with Gasteiger partial charge in [0.1, 0.15) is 18.1 Å². The van der Waals surface area contributed by atoms with Crippen molar-refractivity contribution in [1.29, 1.82) is 0 Å². The second kappa shape index (κ2) is 6.56. The second-order valence-electron chi connectivity index (χ2n) is 4.00. The molecule has 0 fully saturated rings. The van der Waals surface area contributed by atoms with Gasteiger partial charge < -0.3 is 15.1 Å². The van der Waals surface area contributed by atoms with Crippen LogP contribution in [0, 0.1) is 0 Å². The molecule has 2 N–H and O–H groups in total. The highest BCUT2D eigenvalue weighted by molar-refractivity contribution is 6.01. The lowest BCUT2D eigenvalue weighted by Crippen LogP contribution is -2.06. The first kappa shape index (κ1) is 13.1. The van der Waals surface area contributed by atoms with Crippen LogP contribution in [0.1, 0.15) is 11.1 Å². The number of nitrogens with zero attached hydrogens (tertiary/aromatic N) is 1. The van der Waals surface area contributed by atoms with Crippen molar-refractivity contribution in [3.05, 3.63) is 65.7 Å². The van der Waals surface area contributed by atoms with E-state index in [4.69, 9.17) is 15.1 Å². The predicted molar refractivity (Wildman–Crippen MR) is 72.6 cm³/mol. The van der Waals surface area contributed by atoms with Gasteiger partial charge in [-0.3, -0.25) is 0 Å². The molecule has 0 saturated carbocycles. The molecule has 0 bridgehead atoms. The fourth-order valence-corrected chi connectivity index (χ4v) is 1.67. The summed E-state index contributed by atoms with van der Waals surface area (Å²) in [7, 11) is 0. The molecule has 0 radical (unpaired) electrons.